The molecule has 3 rings (SSSR count). The van der Waals surface area contributed by atoms with E-state index in [0.29, 0.717) is 6.61 Å². The first kappa shape index (κ1) is 15.7. The van der Waals surface area contributed by atoms with Gasteiger partial charge in [-0.3, -0.25) is 4.98 Å². The van der Waals surface area contributed by atoms with Crippen molar-refractivity contribution >= 4 is 5.97 Å². The third kappa shape index (κ3) is 3.79. The second-order valence-electron chi connectivity index (χ2n) is 5.54. The van der Waals surface area contributed by atoms with Gasteiger partial charge in [0.15, 0.2) is 0 Å². The lowest BCUT2D eigenvalue weighted by atomic mass is 10.1. The third-order valence-electron chi connectivity index (χ3n) is 3.67. The SMILES string of the molecule is Cc1ccc(-c2ccc(OCc3ccc(C(=O)O)cc3)cc2)nc1. The largest absolute Gasteiger partial charge is 0.489 e. The topological polar surface area (TPSA) is 59.4 Å². The van der Waals surface area contributed by atoms with Crippen molar-refractivity contribution in [3.63, 3.8) is 0 Å². The predicted octanol–water partition coefficient (Wildman–Crippen LogP) is 4.33. The van der Waals surface area contributed by atoms with E-state index in [1.165, 1.54) is 0 Å². The lowest BCUT2D eigenvalue weighted by Gasteiger charge is -2.08. The summed E-state index contributed by atoms with van der Waals surface area (Å²) < 4.78 is 5.73. The number of ether oxygens (including phenoxy) is 1. The van der Waals surface area contributed by atoms with Gasteiger partial charge in [0, 0.05) is 11.8 Å². The molecule has 0 saturated carbocycles. The third-order valence-corrected chi connectivity index (χ3v) is 3.67. The Balaban J connectivity index is 1.63. The zero-order valence-electron chi connectivity index (χ0n) is 13.3. The Bertz CT molecular complexity index is 822. The fourth-order valence-electron chi connectivity index (χ4n) is 2.27. The maximum absolute atomic E-state index is 10.8. The number of rotatable bonds is 5. The smallest absolute Gasteiger partial charge is 0.335 e. The fourth-order valence-corrected chi connectivity index (χ4v) is 2.27. The molecule has 24 heavy (non-hydrogen) atoms. The molecule has 0 atom stereocenters. The van der Waals surface area contributed by atoms with Gasteiger partial charge in [0.2, 0.25) is 0 Å². The Kier molecular flexibility index (Phi) is 4.57. The average Bonchev–Trinajstić information content (AvgIpc) is 2.61. The van der Waals surface area contributed by atoms with Gasteiger partial charge in [-0.25, -0.2) is 4.79 Å². The van der Waals surface area contributed by atoms with Gasteiger partial charge in [0.1, 0.15) is 12.4 Å². The predicted molar refractivity (Wildman–Crippen MR) is 92.1 cm³/mol. The Hall–Kier alpha value is -3.14. The molecule has 0 aliphatic carbocycles. The summed E-state index contributed by atoms with van der Waals surface area (Å²) >= 11 is 0. The highest BCUT2D eigenvalue weighted by Gasteiger charge is 2.03. The summed E-state index contributed by atoms with van der Waals surface area (Å²) in [6.07, 6.45) is 1.85. The molecule has 0 unspecified atom stereocenters. The molecule has 0 bridgehead atoms. The van der Waals surface area contributed by atoms with Crippen LogP contribution in [0.4, 0.5) is 0 Å². The van der Waals surface area contributed by atoms with Crippen molar-refractivity contribution in [2.24, 2.45) is 0 Å². The molecule has 120 valence electrons. The Morgan fingerprint density at radius 3 is 2.29 bits per heavy atom. The normalized spacial score (nSPS) is 10.4. The molecule has 0 fully saturated rings. The summed E-state index contributed by atoms with van der Waals surface area (Å²) in [5.41, 5.74) is 4.29. The number of carbonyl (C=O) groups is 1. The molecule has 1 heterocycles. The molecule has 4 heteroatoms. The van der Waals surface area contributed by atoms with Gasteiger partial charge in [-0.15, -0.1) is 0 Å². The van der Waals surface area contributed by atoms with Crippen molar-refractivity contribution in [3.8, 4) is 17.0 Å². The zero-order valence-corrected chi connectivity index (χ0v) is 13.3. The standard InChI is InChI=1S/C20H17NO3/c1-14-2-11-19(21-12-14)16-7-9-18(10-8-16)24-13-15-3-5-17(6-4-15)20(22)23/h2-12H,13H2,1H3,(H,22,23). The van der Waals surface area contributed by atoms with Crippen LogP contribution in [0.15, 0.2) is 66.9 Å². The summed E-state index contributed by atoms with van der Waals surface area (Å²) in [6.45, 7) is 2.40. The maximum Gasteiger partial charge on any atom is 0.335 e. The molecule has 0 aliphatic rings. The minimum Gasteiger partial charge on any atom is -0.489 e. The molecule has 0 amide bonds. The van der Waals surface area contributed by atoms with E-state index in [2.05, 4.69) is 4.98 Å². The molecule has 0 aliphatic heterocycles. The van der Waals surface area contributed by atoms with Gasteiger partial charge in [0.05, 0.1) is 11.3 Å². The van der Waals surface area contributed by atoms with E-state index in [4.69, 9.17) is 9.84 Å². The van der Waals surface area contributed by atoms with Crippen molar-refractivity contribution in [2.45, 2.75) is 13.5 Å². The molecule has 0 saturated heterocycles. The van der Waals surface area contributed by atoms with Gasteiger partial charge in [-0.2, -0.15) is 0 Å². The molecule has 0 radical (unpaired) electrons. The van der Waals surface area contributed by atoms with E-state index >= 15 is 0 Å². The molecule has 1 aromatic heterocycles. The number of carboxylic acids is 1. The monoisotopic (exact) mass is 319 g/mol. The number of hydrogen-bond acceptors (Lipinski definition) is 3. The van der Waals surface area contributed by atoms with Crippen molar-refractivity contribution in [1.29, 1.82) is 0 Å². The first-order valence-corrected chi connectivity index (χ1v) is 7.60. The maximum atomic E-state index is 10.8. The number of aromatic carboxylic acids is 1. The number of nitrogens with zero attached hydrogens (tertiary/aromatic N) is 1. The number of hydrogen-bond donors (Lipinski definition) is 1. The fraction of sp³-hybridized carbons (Fsp3) is 0.100. The molecular weight excluding hydrogens is 302 g/mol. The Labute approximate surface area is 140 Å². The zero-order chi connectivity index (χ0) is 16.9. The summed E-state index contributed by atoms with van der Waals surface area (Å²) in [5.74, 6) is -0.170. The highest BCUT2D eigenvalue weighted by Crippen LogP contribution is 2.21. The van der Waals surface area contributed by atoms with Crippen molar-refractivity contribution in [1.82, 2.24) is 4.98 Å². The first-order chi connectivity index (χ1) is 11.6. The summed E-state index contributed by atoms with van der Waals surface area (Å²) in [4.78, 5) is 15.2. The molecule has 2 aromatic carbocycles. The summed E-state index contributed by atoms with van der Waals surface area (Å²) in [7, 11) is 0. The van der Waals surface area contributed by atoms with Crippen LogP contribution in [0.2, 0.25) is 0 Å². The van der Waals surface area contributed by atoms with Crippen molar-refractivity contribution < 1.29 is 14.6 Å². The van der Waals surface area contributed by atoms with E-state index in [-0.39, 0.29) is 5.56 Å². The number of benzene rings is 2. The van der Waals surface area contributed by atoms with Crippen LogP contribution in [0.1, 0.15) is 21.5 Å². The van der Waals surface area contributed by atoms with Crippen molar-refractivity contribution in [3.05, 3.63) is 83.6 Å². The lowest BCUT2D eigenvalue weighted by Crippen LogP contribution is -1.98. The Morgan fingerprint density at radius 1 is 1.00 bits per heavy atom. The minimum atomic E-state index is -0.928. The molecule has 0 spiro atoms. The molecule has 1 N–H and O–H groups in total. The second kappa shape index (κ2) is 6.96. The first-order valence-electron chi connectivity index (χ1n) is 7.60. The van der Waals surface area contributed by atoms with Crippen LogP contribution in [-0.2, 0) is 6.61 Å². The van der Waals surface area contributed by atoms with Crippen LogP contribution >= 0.6 is 0 Å². The van der Waals surface area contributed by atoms with Gasteiger partial charge in [-0.05, 0) is 60.5 Å². The van der Waals surface area contributed by atoms with Gasteiger partial charge in [0.25, 0.3) is 0 Å². The lowest BCUT2D eigenvalue weighted by molar-refractivity contribution is 0.0697. The highest BCUT2D eigenvalue weighted by atomic mass is 16.5. The second-order valence-corrected chi connectivity index (χ2v) is 5.54. The van der Waals surface area contributed by atoms with Crippen LogP contribution in [0.3, 0.4) is 0 Å². The van der Waals surface area contributed by atoms with Crippen LogP contribution in [0, 0.1) is 6.92 Å². The highest BCUT2D eigenvalue weighted by molar-refractivity contribution is 5.87. The quantitative estimate of drug-likeness (QED) is 0.760. The minimum absolute atomic E-state index is 0.272. The van der Waals surface area contributed by atoms with Crippen LogP contribution in [0.25, 0.3) is 11.3 Å². The van der Waals surface area contributed by atoms with Crippen LogP contribution in [-0.4, -0.2) is 16.1 Å². The summed E-state index contributed by atoms with van der Waals surface area (Å²) in [6, 6.07) is 18.5. The average molecular weight is 319 g/mol. The van der Waals surface area contributed by atoms with E-state index in [9.17, 15) is 4.79 Å². The van der Waals surface area contributed by atoms with Crippen LogP contribution in [0.5, 0.6) is 5.75 Å². The van der Waals surface area contributed by atoms with Gasteiger partial charge < -0.3 is 9.84 Å². The van der Waals surface area contributed by atoms with E-state index in [1.807, 2.05) is 49.5 Å². The molecule has 3 aromatic rings. The number of carboxylic acid groups (broad SMARTS) is 1. The summed E-state index contributed by atoms with van der Waals surface area (Å²) in [5, 5.41) is 8.88. The van der Waals surface area contributed by atoms with E-state index in [0.717, 1.165) is 28.1 Å². The van der Waals surface area contributed by atoms with E-state index in [1.54, 1.807) is 24.3 Å². The Morgan fingerprint density at radius 2 is 1.71 bits per heavy atom. The van der Waals surface area contributed by atoms with Crippen molar-refractivity contribution in [2.75, 3.05) is 0 Å². The molecular formula is C20H17NO3. The van der Waals surface area contributed by atoms with Crippen LogP contribution < -0.4 is 4.74 Å². The van der Waals surface area contributed by atoms with Gasteiger partial charge in [-0.1, -0.05) is 18.2 Å². The number of aryl methyl sites for hydroxylation is 1. The van der Waals surface area contributed by atoms with Gasteiger partial charge >= 0.3 is 5.97 Å². The molecule has 4 nitrogen and oxygen atoms in total. The number of pyridine rings is 1. The number of aromatic nitrogens is 1. The van der Waals surface area contributed by atoms with E-state index < -0.39 is 5.97 Å².